The van der Waals surface area contributed by atoms with Crippen LogP contribution >= 0.6 is 17.9 Å². The van der Waals surface area contributed by atoms with Crippen molar-refractivity contribution < 1.29 is 4.57 Å². The zero-order valence-corrected chi connectivity index (χ0v) is 7.28. The smallest absolute Gasteiger partial charge is 0.223 e. The Balaban J connectivity index is 2.71. The number of hydrogen-bond donors (Lipinski definition) is 1. The molecule has 0 saturated heterocycles. The minimum Gasteiger partial charge on any atom is -0.290 e. The second-order valence-electron chi connectivity index (χ2n) is 1.85. The van der Waals surface area contributed by atoms with Crippen molar-refractivity contribution in [3.05, 3.63) is 11.9 Å². The molecular formula is C6H8NOPS. The zero-order chi connectivity index (χ0) is 7.61. The Bertz CT molecular complexity index is 243. The van der Waals surface area contributed by atoms with Crippen LogP contribution in [0.1, 0.15) is 0 Å². The third kappa shape index (κ3) is 1.46. The molecule has 1 aliphatic rings. The molecule has 2 nitrogen and oxygen atoms in total. The van der Waals surface area contributed by atoms with Gasteiger partial charge in [0.25, 0.3) is 0 Å². The Kier molecular flexibility index (Phi) is 2.25. The van der Waals surface area contributed by atoms with Crippen LogP contribution in [0.25, 0.3) is 0 Å². The van der Waals surface area contributed by atoms with E-state index in [0.717, 1.165) is 0 Å². The molecule has 1 heterocycles. The average molecular weight is 173 g/mol. The fourth-order valence-electron chi connectivity index (χ4n) is 0.644. The highest BCUT2D eigenvalue weighted by molar-refractivity contribution is 8.59. The first-order chi connectivity index (χ1) is 4.70. The normalized spacial score (nSPS) is 37.8. The molecule has 0 radical (unpaired) electrons. The summed E-state index contributed by atoms with van der Waals surface area (Å²) in [5.74, 6) is 4.19. The van der Waals surface area contributed by atoms with E-state index in [9.17, 15) is 4.57 Å². The van der Waals surface area contributed by atoms with E-state index in [2.05, 4.69) is 11.0 Å². The lowest BCUT2D eigenvalue weighted by Gasteiger charge is -2.05. The number of terminal acetylenes is 1. The molecule has 0 fully saturated rings. The Morgan fingerprint density at radius 3 is 2.90 bits per heavy atom. The lowest BCUT2D eigenvalue weighted by molar-refractivity contribution is 0.586. The van der Waals surface area contributed by atoms with E-state index >= 15 is 0 Å². The van der Waals surface area contributed by atoms with Crippen LogP contribution in [0.3, 0.4) is 0 Å². The molecule has 1 N–H and O–H groups in total. The maximum absolute atomic E-state index is 11.4. The van der Waals surface area contributed by atoms with Crippen LogP contribution in [-0.2, 0) is 4.57 Å². The Morgan fingerprint density at radius 2 is 2.60 bits per heavy atom. The van der Waals surface area contributed by atoms with Gasteiger partial charge in [-0.25, -0.2) is 0 Å². The molecule has 10 heavy (non-hydrogen) atoms. The van der Waals surface area contributed by atoms with Crippen molar-refractivity contribution in [2.45, 2.75) is 5.25 Å². The molecule has 1 rings (SSSR count). The summed E-state index contributed by atoms with van der Waals surface area (Å²) in [7, 11) is 1.68. The van der Waals surface area contributed by atoms with Gasteiger partial charge in [0.2, 0.25) is 6.49 Å². The van der Waals surface area contributed by atoms with Gasteiger partial charge in [-0.05, 0) is 12.9 Å². The third-order valence-corrected chi connectivity index (χ3v) is 5.76. The SMILES string of the molecule is C#CC1C=CP(=O)(NC)S1. The molecule has 0 spiro atoms. The van der Waals surface area contributed by atoms with E-state index in [4.69, 9.17) is 6.42 Å². The van der Waals surface area contributed by atoms with Gasteiger partial charge in [0, 0.05) is 0 Å². The quantitative estimate of drug-likeness (QED) is 0.483. The summed E-state index contributed by atoms with van der Waals surface area (Å²) in [5.41, 5.74) is 0. The predicted molar refractivity (Wildman–Crippen MR) is 46.0 cm³/mol. The molecule has 0 bridgehead atoms. The van der Waals surface area contributed by atoms with Crippen LogP contribution in [0.4, 0.5) is 0 Å². The molecule has 2 atom stereocenters. The van der Waals surface area contributed by atoms with E-state index in [-0.39, 0.29) is 5.25 Å². The summed E-state index contributed by atoms with van der Waals surface area (Å²) < 4.78 is 11.4. The molecule has 0 saturated carbocycles. The maximum Gasteiger partial charge on any atom is 0.223 e. The third-order valence-electron chi connectivity index (χ3n) is 1.20. The van der Waals surface area contributed by atoms with E-state index in [0.29, 0.717) is 0 Å². The second kappa shape index (κ2) is 2.84. The first-order valence-electron chi connectivity index (χ1n) is 2.83. The van der Waals surface area contributed by atoms with Gasteiger partial charge in [0.05, 0.1) is 5.25 Å². The molecule has 0 aromatic rings. The number of hydrogen-bond acceptors (Lipinski definition) is 2. The van der Waals surface area contributed by atoms with Crippen molar-refractivity contribution in [1.82, 2.24) is 5.09 Å². The van der Waals surface area contributed by atoms with Crippen molar-refractivity contribution in [1.29, 1.82) is 0 Å². The minimum atomic E-state index is -2.28. The summed E-state index contributed by atoms with van der Waals surface area (Å²) >= 11 is 1.31. The molecule has 0 aromatic heterocycles. The average Bonchev–Trinajstić information content (AvgIpc) is 2.33. The van der Waals surface area contributed by atoms with Gasteiger partial charge in [-0.15, -0.1) is 6.42 Å². The number of rotatable bonds is 1. The highest BCUT2D eigenvalue weighted by Gasteiger charge is 2.26. The first-order valence-corrected chi connectivity index (χ1v) is 6.09. The lowest BCUT2D eigenvalue weighted by Crippen LogP contribution is -1.96. The molecule has 0 aromatic carbocycles. The van der Waals surface area contributed by atoms with Gasteiger partial charge in [-0.1, -0.05) is 23.4 Å². The molecule has 2 unspecified atom stereocenters. The molecule has 0 aliphatic carbocycles. The van der Waals surface area contributed by atoms with Crippen LogP contribution in [0, 0.1) is 12.3 Å². The Hall–Kier alpha value is -0.160. The first kappa shape index (κ1) is 7.94. The largest absolute Gasteiger partial charge is 0.290 e. The van der Waals surface area contributed by atoms with Gasteiger partial charge < -0.3 is 0 Å². The van der Waals surface area contributed by atoms with Crippen LogP contribution in [0.5, 0.6) is 0 Å². The number of nitrogens with one attached hydrogen (secondary N) is 1. The van der Waals surface area contributed by atoms with Gasteiger partial charge in [-0.2, -0.15) is 0 Å². The maximum atomic E-state index is 11.4. The van der Waals surface area contributed by atoms with E-state index in [1.807, 2.05) is 0 Å². The summed E-state index contributed by atoms with van der Waals surface area (Å²) in [6.07, 6.45) is 6.93. The predicted octanol–water partition coefficient (Wildman–Crippen LogP) is 1.66. The highest BCUT2D eigenvalue weighted by Crippen LogP contribution is 2.62. The summed E-state index contributed by atoms with van der Waals surface area (Å²) in [5, 5.41) is 2.73. The van der Waals surface area contributed by atoms with Crippen molar-refractivity contribution in [2.75, 3.05) is 7.05 Å². The van der Waals surface area contributed by atoms with Gasteiger partial charge in [-0.3, -0.25) is 9.65 Å². The molecule has 1 aliphatic heterocycles. The summed E-state index contributed by atoms with van der Waals surface area (Å²) in [6, 6.07) is 0. The highest BCUT2D eigenvalue weighted by atomic mass is 32.7. The minimum absolute atomic E-state index is 0.0155. The van der Waals surface area contributed by atoms with E-state index in [1.54, 1.807) is 18.9 Å². The van der Waals surface area contributed by atoms with Gasteiger partial charge >= 0.3 is 0 Å². The van der Waals surface area contributed by atoms with E-state index in [1.165, 1.54) is 11.4 Å². The standard InChI is InChI=1S/C6H8NOPS/c1-3-6-4-5-9(8,7-2)10-6/h1,4-6H,2H3,(H,7,8). The van der Waals surface area contributed by atoms with Gasteiger partial charge in [0.15, 0.2) is 0 Å². The van der Waals surface area contributed by atoms with Crippen molar-refractivity contribution >= 4 is 17.9 Å². The monoisotopic (exact) mass is 173 g/mol. The van der Waals surface area contributed by atoms with Crippen LogP contribution in [-0.4, -0.2) is 12.3 Å². The fraction of sp³-hybridized carbons (Fsp3) is 0.333. The fourth-order valence-corrected chi connectivity index (χ4v) is 4.17. The van der Waals surface area contributed by atoms with Crippen molar-refractivity contribution in [2.24, 2.45) is 0 Å². The lowest BCUT2D eigenvalue weighted by atomic mass is 10.4. The van der Waals surface area contributed by atoms with Gasteiger partial charge in [0.1, 0.15) is 0 Å². The van der Waals surface area contributed by atoms with Crippen LogP contribution < -0.4 is 5.09 Å². The molecule has 54 valence electrons. The van der Waals surface area contributed by atoms with Crippen molar-refractivity contribution in [3.63, 3.8) is 0 Å². The summed E-state index contributed by atoms with van der Waals surface area (Å²) in [4.78, 5) is 0. The topological polar surface area (TPSA) is 29.1 Å². The Morgan fingerprint density at radius 1 is 1.90 bits per heavy atom. The molecule has 4 heteroatoms. The Labute approximate surface area is 64.6 Å². The molecule has 0 amide bonds. The second-order valence-corrected chi connectivity index (χ2v) is 6.77. The van der Waals surface area contributed by atoms with Crippen LogP contribution in [0.2, 0.25) is 0 Å². The molecular weight excluding hydrogens is 165 g/mol. The van der Waals surface area contributed by atoms with E-state index < -0.39 is 6.49 Å². The zero-order valence-electron chi connectivity index (χ0n) is 5.57. The van der Waals surface area contributed by atoms with Crippen LogP contribution in [0.15, 0.2) is 11.9 Å². The van der Waals surface area contributed by atoms with Crippen molar-refractivity contribution in [3.8, 4) is 12.3 Å². The summed E-state index contributed by atoms with van der Waals surface area (Å²) in [6.45, 7) is -2.28.